The lowest BCUT2D eigenvalue weighted by Crippen LogP contribution is -2.33. The van der Waals surface area contributed by atoms with E-state index in [2.05, 4.69) is 24.3 Å². The molecule has 4 aliphatic rings. The number of carbonyl (C=O) groups excluding carboxylic acids is 4. The van der Waals surface area contributed by atoms with Gasteiger partial charge in [-0.15, -0.1) is 0 Å². The Morgan fingerprint density at radius 1 is 0.288 bits per heavy atom. The quantitative estimate of drug-likeness (QED) is 0.134. The van der Waals surface area contributed by atoms with Crippen molar-refractivity contribution >= 4 is 35.0 Å². The van der Waals surface area contributed by atoms with Crippen LogP contribution in [-0.2, 0) is 19.2 Å². The molecule has 0 spiro atoms. The third-order valence-electron chi connectivity index (χ3n) is 11.5. The van der Waals surface area contributed by atoms with Crippen molar-refractivity contribution in [3.05, 3.63) is 192 Å². The predicted octanol–water partition coefficient (Wildman–Crippen LogP) is 8.17. The summed E-state index contributed by atoms with van der Waals surface area (Å²) >= 11 is 0. The summed E-state index contributed by atoms with van der Waals surface area (Å²) in [6.45, 7) is 0. The van der Waals surface area contributed by atoms with Crippen LogP contribution in [0.15, 0.2) is 170 Å². The molecule has 5 aromatic carbocycles. The molecule has 2 fully saturated rings. The monoisotopic (exact) mass is 680 g/mol. The highest BCUT2D eigenvalue weighted by molar-refractivity contribution is 6.24. The molecule has 2 heterocycles. The first-order chi connectivity index (χ1) is 25.5. The van der Waals surface area contributed by atoms with Crippen molar-refractivity contribution in [3.63, 3.8) is 0 Å². The number of benzene rings is 5. The van der Waals surface area contributed by atoms with Gasteiger partial charge >= 0.3 is 0 Å². The van der Waals surface area contributed by atoms with Crippen LogP contribution in [0.4, 0.5) is 11.4 Å². The first-order valence-corrected chi connectivity index (χ1v) is 17.9. The van der Waals surface area contributed by atoms with Crippen LogP contribution < -0.4 is 9.80 Å². The second-order valence-corrected chi connectivity index (χ2v) is 14.2. The summed E-state index contributed by atoms with van der Waals surface area (Å²) in [5.41, 5.74) is 4.81. The minimum atomic E-state index is -0.577. The number of fused-ring (bicyclic) bond motifs is 2. The predicted molar refractivity (Wildman–Crippen MR) is 200 cm³/mol. The molecule has 52 heavy (non-hydrogen) atoms. The minimum Gasteiger partial charge on any atom is -0.274 e. The van der Waals surface area contributed by atoms with Gasteiger partial charge in [-0.2, -0.15) is 0 Å². The van der Waals surface area contributed by atoms with Gasteiger partial charge in [0, 0.05) is 23.7 Å². The molecule has 0 unspecified atom stereocenters. The van der Waals surface area contributed by atoms with Gasteiger partial charge in [-0.3, -0.25) is 19.2 Å². The van der Waals surface area contributed by atoms with Crippen molar-refractivity contribution < 1.29 is 19.2 Å². The summed E-state index contributed by atoms with van der Waals surface area (Å²) in [5, 5.41) is 0. The molecule has 8 atom stereocenters. The van der Waals surface area contributed by atoms with E-state index in [1.54, 1.807) is 24.3 Å². The highest BCUT2D eigenvalue weighted by Gasteiger charge is 2.57. The average Bonchev–Trinajstić information content (AvgIpc) is 3.63. The van der Waals surface area contributed by atoms with Gasteiger partial charge < -0.3 is 0 Å². The van der Waals surface area contributed by atoms with Gasteiger partial charge in [-0.05, 0) is 46.5 Å². The van der Waals surface area contributed by atoms with Crippen molar-refractivity contribution in [3.8, 4) is 0 Å². The number of hydrogen-bond acceptors (Lipinski definition) is 4. The molecule has 2 saturated heterocycles. The van der Waals surface area contributed by atoms with Gasteiger partial charge in [-0.25, -0.2) is 9.80 Å². The zero-order chi connectivity index (χ0) is 35.3. The molecule has 0 aromatic heterocycles. The van der Waals surface area contributed by atoms with Crippen LogP contribution in [0.25, 0.3) is 0 Å². The number of allylic oxidation sites excluding steroid dienone is 4. The fourth-order valence-electron chi connectivity index (χ4n) is 9.13. The van der Waals surface area contributed by atoms with E-state index in [1.165, 1.54) is 9.80 Å². The molecule has 254 valence electrons. The zero-order valence-electron chi connectivity index (χ0n) is 28.3. The molecular weight excluding hydrogens is 645 g/mol. The van der Waals surface area contributed by atoms with Crippen LogP contribution in [0.1, 0.15) is 45.9 Å². The number of amides is 4. The van der Waals surface area contributed by atoms with Crippen molar-refractivity contribution in [2.75, 3.05) is 9.80 Å². The molecule has 0 saturated carbocycles. The number of anilines is 2. The van der Waals surface area contributed by atoms with Gasteiger partial charge in [0.05, 0.1) is 35.0 Å². The summed E-state index contributed by atoms with van der Waals surface area (Å²) in [6, 6.07) is 46.2. The SMILES string of the molecule is O=C1[C@@H]2[C@H](C(=O)N1c1ccc(N3C(=O)[C@@H]4[C@H](C3=O)[C@H](c3ccccc3)C=C[C@H]4c3ccccc3)cc1)[C@H](c1ccccc1)C=C[C@@H]2c1ccccc1. The van der Waals surface area contributed by atoms with Gasteiger partial charge in [0.2, 0.25) is 23.6 Å². The third kappa shape index (κ3) is 5.09. The molecule has 0 bridgehead atoms. The molecule has 6 heteroatoms. The molecule has 5 aromatic rings. The normalized spacial score (nSPS) is 27.9. The van der Waals surface area contributed by atoms with Crippen LogP contribution in [0.5, 0.6) is 0 Å². The lowest BCUT2D eigenvalue weighted by Gasteiger charge is -2.32. The molecular formula is C46H36N2O4. The van der Waals surface area contributed by atoms with E-state index in [4.69, 9.17) is 0 Å². The Morgan fingerprint density at radius 2 is 0.500 bits per heavy atom. The van der Waals surface area contributed by atoms with Crippen molar-refractivity contribution in [2.45, 2.75) is 23.7 Å². The molecule has 0 radical (unpaired) electrons. The van der Waals surface area contributed by atoms with Crippen LogP contribution >= 0.6 is 0 Å². The Balaban J connectivity index is 1.05. The number of hydrogen-bond donors (Lipinski definition) is 0. The molecule has 2 aliphatic heterocycles. The fourth-order valence-corrected chi connectivity index (χ4v) is 9.13. The Labute approximate surface area is 302 Å². The molecule has 9 rings (SSSR count). The summed E-state index contributed by atoms with van der Waals surface area (Å²) in [5.74, 6) is -4.30. The fraction of sp³-hybridized carbons (Fsp3) is 0.174. The van der Waals surface area contributed by atoms with E-state index in [0.29, 0.717) is 11.4 Å². The molecule has 6 nitrogen and oxygen atoms in total. The lowest BCUT2D eigenvalue weighted by molar-refractivity contribution is -0.124. The Morgan fingerprint density at radius 3 is 0.712 bits per heavy atom. The van der Waals surface area contributed by atoms with E-state index >= 15 is 0 Å². The van der Waals surface area contributed by atoms with Crippen LogP contribution in [0.3, 0.4) is 0 Å². The van der Waals surface area contributed by atoms with E-state index in [-0.39, 0.29) is 47.3 Å². The van der Waals surface area contributed by atoms with Crippen LogP contribution in [0.2, 0.25) is 0 Å². The standard InChI is InChI=1S/C46H36N2O4/c49-43-39-35(29-13-5-1-6-14-29)25-26-36(30-15-7-2-8-16-30)40(39)44(50)47(43)33-21-23-34(24-22-33)48-45(51)41-37(31-17-9-3-10-18-31)27-28-38(42(41)46(48)52)32-19-11-4-12-20-32/h1-28,35-42H/t35-,36-,37-,38+,39-,40+,41+,42-/m0/s1. The van der Waals surface area contributed by atoms with Crippen LogP contribution in [-0.4, -0.2) is 23.6 Å². The first kappa shape index (κ1) is 31.8. The maximum absolute atomic E-state index is 14.4. The van der Waals surface area contributed by atoms with Gasteiger partial charge in [-0.1, -0.05) is 146 Å². The minimum absolute atomic E-state index is 0.247. The zero-order valence-corrected chi connectivity index (χ0v) is 28.3. The molecule has 4 amide bonds. The van der Waals surface area contributed by atoms with Crippen molar-refractivity contribution in [2.24, 2.45) is 23.7 Å². The molecule has 2 aliphatic carbocycles. The smallest absolute Gasteiger partial charge is 0.238 e. The Hall–Kier alpha value is -6.14. The van der Waals surface area contributed by atoms with E-state index in [1.807, 2.05) is 121 Å². The topological polar surface area (TPSA) is 74.8 Å². The van der Waals surface area contributed by atoms with Gasteiger partial charge in [0.25, 0.3) is 0 Å². The van der Waals surface area contributed by atoms with E-state index < -0.39 is 23.7 Å². The summed E-state index contributed by atoms with van der Waals surface area (Å²) in [6.07, 6.45) is 8.32. The second kappa shape index (κ2) is 12.9. The maximum Gasteiger partial charge on any atom is 0.238 e. The number of rotatable bonds is 6. The van der Waals surface area contributed by atoms with Crippen molar-refractivity contribution in [1.29, 1.82) is 0 Å². The Bertz CT molecular complexity index is 1920. The molecule has 0 N–H and O–H groups in total. The van der Waals surface area contributed by atoms with Gasteiger partial charge in [0.15, 0.2) is 0 Å². The van der Waals surface area contributed by atoms with Crippen LogP contribution in [0, 0.1) is 23.7 Å². The third-order valence-corrected chi connectivity index (χ3v) is 11.5. The lowest BCUT2D eigenvalue weighted by atomic mass is 9.68. The highest BCUT2D eigenvalue weighted by Crippen LogP contribution is 2.52. The summed E-state index contributed by atoms with van der Waals surface area (Å²) in [4.78, 5) is 60.3. The highest BCUT2D eigenvalue weighted by atomic mass is 16.2. The van der Waals surface area contributed by atoms with Gasteiger partial charge in [0.1, 0.15) is 0 Å². The second-order valence-electron chi connectivity index (χ2n) is 14.2. The Kier molecular flexibility index (Phi) is 7.88. The summed E-state index contributed by atoms with van der Waals surface area (Å²) in [7, 11) is 0. The number of nitrogens with zero attached hydrogens (tertiary/aromatic N) is 2. The average molecular weight is 681 g/mol. The maximum atomic E-state index is 14.4. The number of carbonyl (C=O) groups is 4. The number of imide groups is 2. The first-order valence-electron chi connectivity index (χ1n) is 17.9. The summed E-state index contributed by atoms with van der Waals surface area (Å²) < 4.78 is 0. The van der Waals surface area contributed by atoms with E-state index in [9.17, 15) is 19.2 Å². The van der Waals surface area contributed by atoms with Crippen molar-refractivity contribution in [1.82, 2.24) is 0 Å². The largest absolute Gasteiger partial charge is 0.274 e. The van der Waals surface area contributed by atoms with E-state index in [0.717, 1.165) is 22.3 Å².